The molecule has 0 bridgehead atoms. The molecule has 5 nitrogen and oxygen atoms in total. The van der Waals surface area contributed by atoms with Crippen molar-refractivity contribution in [3.8, 4) is 0 Å². The molecule has 0 aliphatic carbocycles. The Morgan fingerprint density at radius 2 is 2.13 bits per heavy atom. The summed E-state index contributed by atoms with van der Waals surface area (Å²) in [6.07, 6.45) is 1.60. The van der Waals surface area contributed by atoms with Gasteiger partial charge in [0, 0.05) is 24.6 Å². The quantitative estimate of drug-likeness (QED) is 0.210. The van der Waals surface area contributed by atoms with Crippen molar-refractivity contribution in [3.63, 3.8) is 0 Å². The summed E-state index contributed by atoms with van der Waals surface area (Å²) in [4.78, 5) is 5.21. The largest absolute Gasteiger partial charge is 0.386 e. The van der Waals surface area contributed by atoms with E-state index in [4.69, 9.17) is 16.3 Å². The van der Waals surface area contributed by atoms with Crippen LogP contribution in [0, 0.1) is 0 Å². The van der Waals surface area contributed by atoms with E-state index in [0.29, 0.717) is 30.0 Å². The fourth-order valence-electron chi connectivity index (χ4n) is 1.71. The number of thiophene rings is 1. The number of unbranched alkanes of at least 4 members (excludes halogenated alkanes) is 1. The first-order chi connectivity index (χ1) is 10.7. The Morgan fingerprint density at radius 3 is 2.74 bits per heavy atom. The predicted octanol–water partition coefficient (Wildman–Crippen LogP) is 3.42. The van der Waals surface area contributed by atoms with Crippen LogP contribution in [0.5, 0.6) is 0 Å². The van der Waals surface area contributed by atoms with E-state index in [2.05, 4.69) is 22.5 Å². The minimum absolute atomic E-state index is 0. The number of aliphatic imine (C=N–C) groups is 1. The van der Waals surface area contributed by atoms with Gasteiger partial charge in [-0.05, 0) is 25.5 Å². The average Bonchev–Trinajstić information content (AvgIpc) is 2.94. The van der Waals surface area contributed by atoms with Gasteiger partial charge in [0.15, 0.2) is 5.96 Å². The van der Waals surface area contributed by atoms with Crippen LogP contribution >= 0.6 is 46.9 Å². The fourth-order valence-corrected chi connectivity index (χ4v) is 2.75. The highest BCUT2D eigenvalue weighted by Gasteiger charge is 2.10. The molecule has 0 aromatic carbocycles. The second-order valence-electron chi connectivity index (χ2n) is 4.77. The highest BCUT2D eigenvalue weighted by molar-refractivity contribution is 14.0. The Hall–Kier alpha value is -0.0900. The number of aliphatic hydroxyl groups excluding tert-OH is 1. The van der Waals surface area contributed by atoms with Crippen molar-refractivity contribution in [1.82, 2.24) is 10.6 Å². The van der Waals surface area contributed by atoms with Gasteiger partial charge in [-0.1, -0.05) is 24.9 Å². The molecule has 8 heteroatoms. The van der Waals surface area contributed by atoms with Crippen LogP contribution in [0.4, 0.5) is 0 Å². The number of nitrogens with one attached hydrogen (secondary N) is 2. The van der Waals surface area contributed by atoms with Crippen molar-refractivity contribution in [1.29, 1.82) is 0 Å². The maximum absolute atomic E-state index is 10.1. The van der Waals surface area contributed by atoms with Crippen LogP contribution in [0.2, 0.25) is 4.34 Å². The number of rotatable bonds is 10. The number of hydrogen-bond acceptors (Lipinski definition) is 4. The van der Waals surface area contributed by atoms with Gasteiger partial charge < -0.3 is 20.5 Å². The van der Waals surface area contributed by atoms with E-state index in [1.807, 2.05) is 13.0 Å². The molecule has 1 aromatic heterocycles. The Balaban J connectivity index is 0.00000484. The molecule has 0 saturated heterocycles. The molecule has 0 radical (unpaired) electrons. The molecule has 0 fully saturated rings. The third-order valence-electron chi connectivity index (χ3n) is 2.87. The zero-order chi connectivity index (χ0) is 16.2. The lowest BCUT2D eigenvalue weighted by Crippen LogP contribution is -2.39. The summed E-state index contributed by atoms with van der Waals surface area (Å²) in [6, 6.07) is 3.61. The van der Waals surface area contributed by atoms with Gasteiger partial charge in [0.25, 0.3) is 0 Å². The SMILES string of the molecule is CCCCOCCNC(=NCC(O)c1ccc(Cl)s1)NCC.I. The summed E-state index contributed by atoms with van der Waals surface area (Å²) >= 11 is 7.25. The van der Waals surface area contributed by atoms with Crippen molar-refractivity contribution in [2.75, 3.05) is 32.8 Å². The van der Waals surface area contributed by atoms with Gasteiger partial charge in [-0.25, -0.2) is 0 Å². The number of hydrogen-bond donors (Lipinski definition) is 3. The number of aliphatic hydroxyl groups is 1. The van der Waals surface area contributed by atoms with Crippen LogP contribution in [-0.2, 0) is 4.74 Å². The molecule has 3 N–H and O–H groups in total. The van der Waals surface area contributed by atoms with Crippen LogP contribution in [-0.4, -0.2) is 43.9 Å². The van der Waals surface area contributed by atoms with Crippen molar-refractivity contribution in [2.24, 2.45) is 4.99 Å². The lowest BCUT2D eigenvalue weighted by molar-refractivity contribution is 0.136. The molecule has 0 spiro atoms. The van der Waals surface area contributed by atoms with Gasteiger partial charge in [0.1, 0.15) is 6.10 Å². The van der Waals surface area contributed by atoms with Crippen molar-refractivity contribution in [3.05, 3.63) is 21.3 Å². The highest BCUT2D eigenvalue weighted by atomic mass is 127. The lowest BCUT2D eigenvalue weighted by atomic mass is 10.3. The van der Waals surface area contributed by atoms with Gasteiger partial charge in [-0.3, -0.25) is 4.99 Å². The highest BCUT2D eigenvalue weighted by Crippen LogP contribution is 2.26. The Bertz CT molecular complexity index is 446. The van der Waals surface area contributed by atoms with Crippen LogP contribution in [0.15, 0.2) is 17.1 Å². The van der Waals surface area contributed by atoms with Gasteiger partial charge >= 0.3 is 0 Å². The number of halogens is 2. The molecular formula is C15H27ClIN3O2S. The summed E-state index contributed by atoms with van der Waals surface area (Å²) in [5, 5.41) is 16.4. The normalized spacial score (nSPS) is 12.6. The summed E-state index contributed by atoms with van der Waals surface area (Å²) in [5.41, 5.74) is 0. The Kier molecular flexibility index (Phi) is 14.2. The number of guanidine groups is 1. The Morgan fingerprint density at radius 1 is 1.35 bits per heavy atom. The van der Waals surface area contributed by atoms with E-state index in [9.17, 15) is 5.11 Å². The monoisotopic (exact) mass is 475 g/mol. The van der Waals surface area contributed by atoms with E-state index in [-0.39, 0.29) is 24.0 Å². The fraction of sp³-hybridized carbons (Fsp3) is 0.667. The molecule has 0 aliphatic rings. The van der Waals surface area contributed by atoms with Crippen LogP contribution in [0.1, 0.15) is 37.7 Å². The third kappa shape index (κ3) is 10.4. The summed E-state index contributed by atoms with van der Waals surface area (Å²) in [6.45, 7) is 7.34. The van der Waals surface area contributed by atoms with Gasteiger partial charge in [0.2, 0.25) is 0 Å². The molecule has 0 aliphatic heterocycles. The summed E-state index contributed by atoms with van der Waals surface area (Å²) in [5.74, 6) is 0.684. The molecular weight excluding hydrogens is 449 g/mol. The molecule has 23 heavy (non-hydrogen) atoms. The molecule has 0 saturated carbocycles. The first kappa shape index (κ1) is 22.9. The molecule has 1 atom stereocenters. The standard InChI is InChI=1S/C15H26ClN3O2S.HI/c1-3-5-9-21-10-8-18-15(17-4-2)19-11-12(20)13-6-7-14(16)22-13;/h6-7,12,20H,3-5,8-11H2,1-2H3,(H2,17,18,19);1H. The second kappa shape index (κ2) is 14.3. The van der Waals surface area contributed by atoms with Gasteiger partial charge in [-0.15, -0.1) is 35.3 Å². The average molecular weight is 476 g/mol. The minimum Gasteiger partial charge on any atom is -0.386 e. The van der Waals surface area contributed by atoms with Gasteiger partial charge in [0.05, 0.1) is 17.5 Å². The molecule has 1 heterocycles. The van der Waals surface area contributed by atoms with E-state index in [1.165, 1.54) is 11.3 Å². The smallest absolute Gasteiger partial charge is 0.191 e. The van der Waals surface area contributed by atoms with E-state index < -0.39 is 6.10 Å². The number of ether oxygens (including phenoxy) is 1. The lowest BCUT2D eigenvalue weighted by Gasteiger charge is -2.12. The zero-order valence-corrected chi connectivity index (χ0v) is 17.6. The molecule has 134 valence electrons. The van der Waals surface area contributed by atoms with E-state index >= 15 is 0 Å². The van der Waals surface area contributed by atoms with Gasteiger partial charge in [-0.2, -0.15) is 0 Å². The first-order valence-corrected chi connectivity index (χ1v) is 8.90. The maximum Gasteiger partial charge on any atom is 0.191 e. The minimum atomic E-state index is -0.631. The molecule has 0 amide bonds. The maximum atomic E-state index is 10.1. The Labute approximate surface area is 164 Å². The van der Waals surface area contributed by atoms with Crippen molar-refractivity contribution < 1.29 is 9.84 Å². The van der Waals surface area contributed by atoms with E-state index in [1.54, 1.807) is 6.07 Å². The zero-order valence-electron chi connectivity index (χ0n) is 13.7. The van der Waals surface area contributed by atoms with E-state index in [0.717, 1.165) is 30.9 Å². The topological polar surface area (TPSA) is 65.9 Å². The third-order valence-corrected chi connectivity index (χ3v) is 4.20. The first-order valence-electron chi connectivity index (χ1n) is 7.70. The molecule has 1 rings (SSSR count). The van der Waals surface area contributed by atoms with Crippen LogP contribution in [0.25, 0.3) is 0 Å². The van der Waals surface area contributed by atoms with Crippen LogP contribution in [0.3, 0.4) is 0 Å². The summed E-state index contributed by atoms with van der Waals surface area (Å²) < 4.78 is 6.17. The number of nitrogens with zero attached hydrogens (tertiary/aromatic N) is 1. The second-order valence-corrected chi connectivity index (χ2v) is 6.52. The molecule has 1 unspecified atom stereocenters. The summed E-state index contributed by atoms with van der Waals surface area (Å²) in [7, 11) is 0. The van der Waals surface area contributed by atoms with Crippen LogP contribution < -0.4 is 10.6 Å². The van der Waals surface area contributed by atoms with Crippen molar-refractivity contribution in [2.45, 2.75) is 32.8 Å². The molecule has 1 aromatic rings. The van der Waals surface area contributed by atoms with Crippen molar-refractivity contribution >= 4 is 52.9 Å². The predicted molar refractivity (Wildman–Crippen MR) is 109 cm³/mol.